The minimum absolute atomic E-state index is 0.0161. The normalized spacial score (nSPS) is 26.1. The lowest BCUT2D eigenvalue weighted by atomic mass is 10.2. The van der Waals surface area contributed by atoms with E-state index in [1.54, 1.807) is 13.1 Å². The SMILES string of the molecule is Cc1cn([C@H]2C[C@H](OP3O[C@@H](C)Cc4cc5ccccc5n43)[C@@H](CO[Si](C)(C)C(C)(C)C)O2)c(=O)[nH]c1=O. The van der Waals surface area contributed by atoms with Crippen LogP contribution in [0.3, 0.4) is 0 Å². The van der Waals surface area contributed by atoms with Gasteiger partial charge < -0.3 is 18.2 Å². The Morgan fingerprint density at radius 3 is 2.68 bits per heavy atom. The number of para-hydroxylation sites is 1. The van der Waals surface area contributed by atoms with Crippen molar-refractivity contribution >= 4 is 27.7 Å². The van der Waals surface area contributed by atoms with Crippen molar-refractivity contribution in [2.24, 2.45) is 0 Å². The number of aryl methyl sites for hydroxylation is 1. The number of aromatic amines is 1. The number of hydrogen-bond acceptors (Lipinski definition) is 6. The average molecular weight is 560 g/mol. The largest absolute Gasteiger partial charge is 0.414 e. The van der Waals surface area contributed by atoms with E-state index in [-0.39, 0.29) is 17.2 Å². The van der Waals surface area contributed by atoms with Crippen molar-refractivity contribution < 1.29 is 18.2 Å². The molecule has 1 fully saturated rings. The highest BCUT2D eigenvalue weighted by molar-refractivity contribution is 7.46. The van der Waals surface area contributed by atoms with Crippen LogP contribution in [0.1, 0.15) is 51.6 Å². The summed E-state index contributed by atoms with van der Waals surface area (Å²) in [4.78, 5) is 27.0. The minimum Gasteiger partial charge on any atom is -0.414 e. The van der Waals surface area contributed by atoms with E-state index >= 15 is 0 Å². The standard InChI is InChI=1S/C27H38N3O6PSi/c1-17-15-29(26(32)28-25(17)31)24-14-22(23(34-24)16-33-38(6,7)27(3,4)5)36-37-30-20(12-18(2)35-37)13-19-10-8-9-11-21(19)30/h8-11,13,15,18,22-24H,12,14,16H2,1-7H3,(H,28,31,32)/t18-,22-,23+,24+,37?/m0/s1. The summed E-state index contributed by atoms with van der Waals surface area (Å²) >= 11 is 0. The third-order valence-electron chi connectivity index (χ3n) is 7.97. The lowest BCUT2D eigenvalue weighted by molar-refractivity contribution is -0.0406. The molecule has 9 nitrogen and oxygen atoms in total. The molecule has 1 saturated heterocycles. The maximum atomic E-state index is 12.7. The number of fused-ring (bicyclic) bond motifs is 3. The van der Waals surface area contributed by atoms with Crippen LogP contribution in [0.25, 0.3) is 10.9 Å². The van der Waals surface area contributed by atoms with Crippen LogP contribution < -0.4 is 11.2 Å². The Kier molecular flexibility index (Phi) is 7.35. The van der Waals surface area contributed by atoms with Crippen molar-refractivity contribution in [2.75, 3.05) is 6.61 Å². The summed E-state index contributed by atoms with van der Waals surface area (Å²) in [7, 11) is -3.51. The van der Waals surface area contributed by atoms with Gasteiger partial charge in [-0.1, -0.05) is 39.0 Å². The van der Waals surface area contributed by atoms with Crippen LogP contribution in [0.4, 0.5) is 0 Å². The van der Waals surface area contributed by atoms with E-state index in [9.17, 15) is 9.59 Å². The van der Waals surface area contributed by atoms with Gasteiger partial charge in [-0.3, -0.25) is 18.7 Å². The topological polar surface area (TPSA) is 96.7 Å². The molecule has 1 unspecified atom stereocenters. The van der Waals surface area contributed by atoms with Gasteiger partial charge in [0.05, 0.1) is 24.3 Å². The van der Waals surface area contributed by atoms with Crippen LogP contribution in [-0.4, -0.2) is 47.1 Å². The second kappa shape index (κ2) is 10.2. The Labute approximate surface area is 225 Å². The number of H-pyrrole nitrogens is 1. The van der Waals surface area contributed by atoms with Crippen molar-refractivity contribution in [2.45, 2.75) is 90.1 Å². The van der Waals surface area contributed by atoms with Gasteiger partial charge >= 0.3 is 5.69 Å². The zero-order chi connectivity index (χ0) is 27.4. The molecule has 11 heteroatoms. The molecule has 5 rings (SSSR count). The Morgan fingerprint density at radius 2 is 1.95 bits per heavy atom. The number of nitrogens with zero attached hydrogens (tertiary/aromatic N) is 2. The molecule has 1 N–H and O–H groups in total. The molecular weight excluding hydrogens is 521 g/mol. The Bertz CT molecular complexity index is 1440. The summed E-state index contributed by atoms with van der Waals surface area (Å²) in [6.45, 7) is 15.1. The smallest absolute Gasteiger partial charge is 0.330 e. The van der Waals surface area contributed by atoms with Crippen LogP contribution in [-0.2, 0) is 24.6 Å². The van der Waals surface area contributed by atoms with Gasteiger partial charge in [0.2, 0.25) is 0 Å². The molecule has 0 aliphatic carbocycles. The first-order chi connectivity index (χ1) is 17.8. The van der Waals surface area contributed by atoms with E-state index in [0.717, 1.165) is 17.3 Å². The zero-order valence-corrected chi connectivity index (χ0v) is 25.1. The Balaban J connectivity index is 1.46. The number of rotatable bonds is 6. The van der Waals surface area contributed by atoms with Crippen molar-refractivity contribution in [3.05, 3.63) is 68.6 Å². The summed E-state index contributed by atoms with van der Waals surface area (Å²) in [5.41, 5.74) is 1.83. The fourth-order valence-corrected chi connectivity index (χ4v) is 7.49. The molecule has 0 amide bonds. The summed E-state index contributed by atoms with van der Waals surface area (Å²) in [5, 5.41) is 1.20. The van der Waals surface area contributed by atoms with Gasteiger partial charge in [-0.25, -0.2) is 4.79 Å². The second-order valence-electron chi connectivity index (χ2n) is 11.9. The Hall–Kier alpha value is -2.07. The first-order valence-electron chi connectivity index (χ1n) is 13.2. The van der Waals surface area contributed by atoms with Crippen molar-refractivity contribution in [3.63, 3.8) is 0 Å². The first kappa shape index (κ1) is 27.5. The molecule has 206 valence electrons. The third kappa shape index (κ3) is 5.22. The van der Waals surface area contributed by atoms with Gasteiger partial charge in [0, 0.05) is 35.7 Å². The van der Waals surface area contributed by atoms with Crippen LogP contribution in [0.5, 0.6) is 0 Å². The van der Waals surface area contributed by atoms with Crippen LogP contribution in [0.2, 0.25) is 18.1 Å². The predicted octanol–water partition coefficient (Wildman–Crippen LogP) is 5.23. The van der Waals surface area contributed by atoms with Gasteiger partial charge in [0.1, 0.15) is 12.3 Å². The van der Waals surface area contributed by atoms with Gasteiger partial charge in [-0.05, 0) is 44.1 Å². The monoisotopic (exact) mass is 559 g/mol. The summed E-state index contributed by atoms with van der Waals surface area (Å²) in [5.74, 6) is 0. The molecular formula is C27H38N3O6PSi. The van der Waals surface area contributed by atoms with Crippen LogP contribution in [0.15, 0.2) is 46.1 Å². The Morgan fingerprint density at radius 1 is 1.21 bits per heavy atom. The quantitative estimate of drug-likeness (QED) is 0.328. The number of hydrogen-bond donors (Lipinski definition) is 1. The molecule has 3 aromatic rings. The number of aromatic nitrogens is 3. The maximum absolute atomic E-state index is 12.7. The molecule has 1 aromatic carbocycles. The number of ether oxygens (including phenoxy) is 1. The summed E-state index contributed by atoms with van der Waals surface area (Å²) in [6, 6.07) is 10.5. The fourth-order valence-electron chi connectivity index (χ4n) is 4.70. The molecule has 0 saturated carbocycles. The van der Waals surface area contributed by atoms with E-state index in [4.69, 9.17) is 18.2 Å². The van der Waals surface area contributed by atoms with Gasteiger partial charge in [-0.15, -0.1) is 0 Å². The highest BCUT2D eigenvalue weighted by Crippen LogP contribution is 2.52. The first-order valence-corrected chi connectivity index (χ1v) is 17.2. The number of nitrogens with one attached hydrogen (secondary N) is 1. The molecule has 2 aliphatic rings. The van der Waals surface area contributed by atoms with E-state index in [1.165, 1.54) is 10.3 Å². The van der Waals surface area contributed by atoms with Gasteiger partial charge in [-0.2, -0.15) is 0 Å². The molecule has 5 atom stereocenters. The second-order valence-corrected chi connectivity index (χ2v) is 18.0. The van der Waals surface area contributed by atoms with Crippen LogP contribution >= 0.6 is 8.53 Å². The van der Waals surface area contributed by atoms with Gasteiger partial charge in [0.25, 0.3) is 14.1 Å². The highest BCUT2D eigenvalue weighted by Gasteiger charge is 2.44. The maximum Gasteiger partial charge on any atom is 0.330 e. The van der Waals surface area contributed by atoms with Crippen LogP contribution in [0, 0.1) is 6.92 Å². The highest BCUT2D eigenvalue weighted by atomic mass is 31.2. The molecule has 38 heavy (non-hydrogen) atoms. The number of benzene rings is 1. The van der Waals surface area contributed by atoms with E-state index in [0.29, 0.717) is 18.6 Å². The average Bonchev–Trinajstić information content (AvgIpc) is 3.40. The lowest BCUT2D eigenvalue weighted by Gasteiger charge is -2.37. The zero-order valence-electron chi connectivity index (χ0n) is 23.2. The van der Waals surface area contributed by atoms with Crippen molar-refractivity contribution in [1.29, 1.82) is 0 Å². The fraction of sp³-hybridized carbons (Fsp3) is 0.556. The lowest BCUT2D eigenvalue weighted by Crippen LogP contribution is -2.44. The minimum atomic E-state index is -2.06. The molecule has 4 heterocycles. The molecule has 0 radical (unpaired) electrons. The van der Waals surface area contributed by atoms with Crippen molar-refractivity contribution in [3.8, 4) is 0 Å². The van der Waals surface area contributed by atoms with E-state index in [2.05, 4.69) is 68.3 Å². The van der Waals surface area contributed by atoms with Gasteiger partial charge in [0.15, 0.2) is 8.32 Å². The van der Waals surface area contributed by atoms with E-state index < -0.39 is 40.4 Å². The molecule has 2 aliphatic heterocycles. The molecule has 0 bridgehead atoms. The predicted molar refractivity (Wildman–Crippen MR) is 151 cm³/mol. The summed E-state index contributed by atoms with van der Waals surface area (Å²) < 4.78 is 29.8. The van der Waals surface area contributed by atoms with Crippen molar-refractivity contribution in [1.82, 2.24) is 13.9 Å². The molecule has 2 aromatic heterocycles. The summed E-state index contributed by atoms with van der Waals surface area (Å²) in [6.07, 6.45) is 1.46. The van der Waals surface area contributed by atoms with E-state index in [1.807, 2.05) is 12.1 Å². The molecule has 0 spiro atoms. The third-order valence-corrected chi connectivity index (χ3v) is 14.3.